The first-order valence-electron chi connectivity index (χ1n) is 8.50. The smallest absolute Gasteiger partial charge is 0.162 e. The number of Topliss-reactive ketones (excluding diaryl/α,β-unsaturated/α-hetero) is 1. The summed E-state index contributed by atoms with van der Waals surface area (Å²) in [6, 6.07) is 19.9. The van der Waals surface area contributed by atoms with Crippen LogP contribution in [-0.4, -0.2) is 42.4 Å². The fraction of sp³-hybridized carbons (Fsp3) is 0.350. The lowest BCUT2D eigenvalue weighted by molar-refractivity contribution is 0.0970. The lowest BCUT2D eigenvalue weighted by atomic mass is 10.1. The summed E-state index contributed by atoms with van der Waals surface area (Å²) < 4.78 is 0. The predicted molar refractivity (Wildman–Crippen MR) is 99.9 cm³/mol. The minimum Gasteiger partial charge on any atom is -0.369 e. The normalized spacial score (nSPS) is 16.8. The van der Waals surface area contributed by atoms with Gasteiger partial charge in [-0.05, 0) is 18.6 Å². The van der Waals surface area contributed by atoms with Crippen molar-refractivity contribution in [1.29, 1.82) is 0 Å². The van der Waals surface area contributed by atoms with Gasteiger partial charge in [0.1, 0.15) is 0 Å². The Hall–Kier alpha value is -1.84. The molecule has 1 aliphatic heterocycles. The largest absolute Gasteiger partial charge is 0.369 e. The topological polar surface area (TPSA) is 23.6 Å². The monoisotopic (exact) mass is 342 g/mol. The molecule has 0 radical (unpaired) electrons. The van der Waals surface area contributed by atoms with E-state index < -0.39 is 0 Å². The van der Waals surface area contributed by atoms with E-state index in [0.29, 0.717) is 12.8 Å². The van der Waals surface area contributed by atoms with E-state index in [0.717, 1.165) is 31.7 Å². The van der Waals surface area contributed by atoms with Gasteiger partial charge in [-0.25, -0.2) is 0 Å². The summed E-state index contributed by atoms with van der Waals surface area (Å²) in [7, 11) is 0. The molecule has 1 fully saturated rings. The zero-order chi connectivity index (χ0) is 16.8. The molecule has 1 aliphatic rings. The highest BCUT2D eigenvalue weighted by Gasteiger charge is 2.23. The second-order valence-electron chi connectivity index (χ2n) is 6.12. The summed E-state index contributed by atoms with van der Waals surface area (Å²) in [6.45, 7) is 3.81. The van der Waals surface area contributed by atoms with Crippen LogP contribution >= 0.6 is 11.6 Å². The average molecular weight is 343 g/mol. The Bertz CT molecular complexity index is 639. The highest BCUT2D eigenvalue weighted by molar-refractivity contribution is 6.20. The van der Waals surface area contributed by atoms with Gasteiger partial charge >= 0.3 is 0 Å². The van der Waals surface area contributed by atoms with Gasteiger partial charge in [0.2, 0.25) is 0 Å². The molecule has 0 aliphatic carbocycles. The number of ketones is 1. The number of benzene rings is 2. The molecule has 3 rings (SSSR count). The van der Waals surface area contributed by atoms with Gasteiger partial charge in [-0.15, -0.1) is 11.6 Å². The molecule has 126 valence electrons. The molecule has 1 saturated heterocycles. The zero-order valence-corrected chi connectivity index (χ0v) is 14.5. The van der Waals surface area contributed by atoms with E-state index in [1.54, 1.807) is 0 Å². The highest BCUT2D eigenvalue weighted by Crippen LogP contribution is 2.20. The van der Waals surface area contributed by atoms with Gasteiger partial charge < -0.3 is 4.90 Å². The number of rotatable bonds is 6. The number of anilines is 1. The van der Waals surface area contributed by atoms with Crippen LogP contribution in [0.4, 0.5) is 5.69 Å². The first-order valence-corrected chi connectivity index (χ1v) is 8.94. The molecular formula is C20H23ClN2O. The third kappa shape index (κ3) is 4.37. The van der Waals surface area contributed by atoms with Crippen molar-refractivity contribution in [2.75, 3.05) is 31.1 Å². The Kier molecular flexibility index (Phi) is 5.89. The lowest BCUT2D eigenvalue weighted by Crippen LogP contribution is -2.49. The number of halogens is 1. The van der Waals surface area contributed by atoms with Crippen LogP contribution in [0.1, 0.15) is 23.2 Å². The van der Waals surface area contributed by atoms with Crippen molar-refractivity contribution in [2.45, 2.75) is 18.3 Å². The molecule has 1 atom stereocenters. The fourth-order valence-electron chi connectivity index (χ4n) is 3.10. The van der Waals surface area contributed by atoms with Crippen molar-refractivity contribution >= 4 is 23.1 Å². The van der Waals surface area contributed by atoms with Crippen LogP contribution in [0.2, 0.25) is 0 Å². The molecule has 0 N–H and O–H groups in total. The summed E-state index contributed by atoms with van der Waals surface area (Å²) in [6.07, 6.45) is 1.19. The molecule has 3 nitrogen and oxygen atoms in total. The predicted octanol–water partition coefficient (Wildman–Crippen LogP) is 4.04. The van der Waals surface area contributed by atoms with E-state index in [9.17, 15) is 4.79 Å². The molecule has 1 unspecified atom stereocenters. The number of carbonyl (C=O) groups is 1. The first-order chi connectivity index (χ1) is 11.7. The van der Waals surface area contributed by atoms with Gasteiger partial charge in [0.25, 0.3) is 0 Å². The molecule has 4 heteroatoms. The molecule has 0 amide bonds. The molecule has 2 aromatic rings. The minimum absolute atomic E-state index is 0.0735. The maximum absolute atomic E-state index is 12.2. The number of piperazine rings is 1. The summed E-state index contributed by atoms with van der Waals surface area (Å²) >= 11 is 6.54. The zero-order valence-electron chi connectivity index (χ0n) is 13.8. The summed E-state index contributed by atoms with van der Waals surface area (Å²) in [4.78, 5) is 16.8. The first kappa shape index (κ1) is 17.0. The molecular weight excluding hydrogens is 320 g/mol. The Morgan fingerprint density at radius 3 is 2.12 bits per heavy atom. The molecule has 0 bridgehead atoms. The fourth-order valence-corrected chi connectivity index (χ4v) is 3.40. The maximum Gasteiger partial charge on any atom is 0.162 e. The van der Waals surface area contributed by atoms with Crippen LogP contribution in [0.5, 0.6) is 0 Å². The third-order valence-electron chi connectivity index (χ3n) is 4.54. The van der Waals surface area contributed by atoms with Crippen LogP contribution < -0.4 is 4.90 Å². The van der Waals surface area contributed by atoms with Crippen LogP contribution in [0.25, 0.3) is 0 Å². The van der Waals surface area contributed by atoms with E-state index in [1.165, 1.54) is 5.69 Å². The van der Waals surface area contributed by atoms with Crippen LogP contribution in [0.3, 0.4) is 0 Å². The Morgan fingerprint density at radius 1 is 0.917 bits per heavy atom. The van der Waals surface area contributed by atoms with E-state index in [-0.39, 0.29) is 11.3 Å². The molecule has 0 spiro atoms. The minimum atomic E-state index is -0.0735. The van der Waals surface area contributed by atoms with Crippen LogP contribution in [0, 0.1) is 0 Å². The van der Waals surface area contributed by atoms with Crippen molar-refractivity contribution in [3.8, 4) is 0 Å². The van der Waals surface area contributed by atoms with E-state index in [1.807, 2.05) is 36.4 Å². The van der Waals surface area contributed by atoms with Gasteiger partial charge in [0.15, 0.2) is 5.78 Å². The average Bonchev–Trinajstić information content (AvgIpc) is 2.67. The Morgan fingerprint density at radius 2 is 1.50 bits per heavy atom. The van der Waals surface area contributed by atoms with E-state index in [4.69, 9.17) is 11.6 Å². The lowest BCUT2D eigenvalue weighted by Gasteiger charge is -2.38. The number of hydrogen-bond acceptors (Lipinski definition) is 3. The molecule has 1 heterocycles. The number of nitrogens with zero attached hydrogens (tertiary/aromatic N) is 2. The SMILES string of the molecule is O=C(CCC(Cl)N1CCN(c2ccccc2)CC1)c1ccccc1. The van der Waals surface area contributed by atoms with Gasteiger partial charge in [0.05, 0.1) is 5.50 Å². The number of hydrogen-bond donors (Lipinski definition) is 0. The molecule has 0 saturated carbocycles. The molecule has 2 aromatic carbocycles. The second kappa shape index (κ2) is 8.32. The highest BCUT2D eigenvalue weighted by atomic mass is 35.5. The summed E-state index contributed by atoms with van der Waals surface area (Å²) in [5.74, 6) is 0.171. The van der Waals surface area contributed by atoms with Crippen molar-refractivity contribution in [3.63, 3.8) is 0 Å². The Balaban J connectivity index is 1.45. The molecule has 0 aromatic heterocycles. The summed E-state index contributed by atoms with van der Waals surface area (Å²) in [5.41, 5.74) is 1.97. The van der Waals surface area contributed by atoms with E-state index >= 15 is 0 Å². The van der Waals surface area contributed by atoms with Crippen molar-refractivity contribution in [1.82, 2.24) is 4.90 Å². The van der Waals surface area contributed by atoms with Crippen molar-refractivity contribution < 1.29 is 4.79 Å². The summed E-state index contributed by atoms with van der Waals surface area (Å²) in [5, 5.41) is 0. The van der Waals surface area contributed by atoms with Crippen LogP contribution in [0.15, 0.2) is 60.7 Å². The number of alkyl halides is 1. The maximum atomic E-state index is 12.2. The Labute approximate surface area is 148 Å². The van der Waals surface area contributed by atoms with E-state index in [2.05, 4.69) is 34.1 Å². The molecule has 24 heavy (non-hydrogen) atoms. The van der Waals surface area contributed by atoms with Gasteiger partial charge in [-0.3, -0.25) is 9.69 Å². The third-order valence-corrected chi connectivity index (χ3v) is 5.03. The standard InChI is InChI=1S/C20H23ClN2O/c21-20(12-11-19(24)17-7-3-1-4-8-17)23-15-13-22(14-16-23)18-9-5-2-6-10-18/h1-10,20H,11-16H2. The second-order valence-corrected chi connectivity index (χ2v) is 6.62. The van der Waals surface area contributed by atoms with Gasteiger partial charge in [0, 0.05) is 43.9 Å². The van der Waals surface area contributed by atoms with Gasteiger partial charge in [-0.1, -0.05) is 48.5 Å². The van der Waals surface area contributed by atoms with Gasteiger partial charge in [-0.2, -0.15) is 0 Å². The quantitative estimate of drug-likeness (QED) is 0.450. The van der Waals surface area contributed by atoms with Crippen LogP contribution in [-0.2, 0) is 0 Å². The van der Waals surface area contributed by atoms with Crippen molar-refractivity contribution in [3.05, 3.63) is 66.2 Å². The van der Waals surface area contributed by atoms with Crippen molar-refractivity contribution in [2.24, 2.45) is 0 Å². The number of carbonyl (C=O) groups excluding carboxylic acids is 1. The number of para-hydroxylation sites is 1.